The van der Waals surface area contributed by atoms with Crippen LogP contribution in [0.4, 0.5) is 67.7 Å². The molecule has 2 saturated heterocycles. The fourth-order valence-corrected chi connectivity index (χ4v) is 10.4. The normalized spacial score (nSPS) is 12.3. The molecular weight excluding hydrogens is 1340 g/mol. The molecule has 14 amide bonds. The number of carbonyl (C=O) groups excluding carboxylic acids is 7. The van der Waals surface area contributed by atoms with Crippen molar-refractivity contribution in [3.63, 3.8) is 0 Å². The van der Waals surface area contributed by atoms with E-state index >= 15 is 0 Å². The van der Waals surface area contributed by atoms with Gasteiger partial charge in [-0.05, 0) is 143 Å². The lowest BCUT2D eigenvalue weighted by molar-refractivity contribution is 0.0564. The van der Waals surface area contributed by atoms with Gasteiger partial charge in [0.2, 0.25) is 0 Å². The van der Waals surface area contributed by atoms with Crippen molar-refractivity contribution in [3.8, 4) is 0 Å². The fraction of sp³-hybridized carbons (Fsp3) is 0.329. The van der Waals surface area contributed by atoms with E-state index in [4.69, 9.17) is 4.74 Å². The van der Waals surface area contributed by atoms with E-state index in [1.807, 2.05) is 282 Å². The average Bonchev–Trinajstić information content (AvgIpc) is 1.36. The van der Waals surface area contributed by atoms with E-state index in [2.05, 4.69) is 61.7 Å². The third kappa shape index (κ3) is 36.1. The number of benzene rings is 8. The molecule has 8 aromatic carbocycles. The Bertz CT molecular complexity index is 3650. The molecule has 1 aliphatic carbocycles. The maximum absolute atomic E-state index is 11.8. The summed E-state index contributed by atoms with van der Waals surface area (Å²) in [5.41, 5.74) is 9.68. The van der Waals surface area contributed by atoms with Gasteiger partial charge in [-0.15, -0.1) is 0 Å². The molecule has 0 aromatic heterocycles. The molecule has 3 aliphatic rings. The summed E-state index contributed by atoms with van der Waals surface area (Å²) in [7, 11) is 3.44. The first-order valence-electron chi connectivity index (χ1n) is 35.8. The van der Waals surface area contributed by atoms with Gasteiger partial charge in [0.1, 0.15) is 0 Å². The molecule has 105 heavy (non-hydrogen) atoms. The van der Waals surface area contributed by atoms with Gasteiger partial charge in [0, 0.05) is 131 Å². The standard InChI is InChI=1S/C15H16N2O.2C12H18N2O.C11H14N2O2.C11H14N2OS.C11H16N2O.C10H12N2O/c1-12-7-9-13(10-8-12)11-16-15(18)17-14-5-3-2-4-6-14;1-9(2)10-5-7-11(8-6-10)13-12(15)14(3)4;1-3-14(4-2)12(15)13-10-11-8-6-5-7-9-11;2*14-11(13-6-8-15-9-7-13)12-10-4-2-1-3-5-10;1-3-13(4-2)11(14)12-10-8-6-5-7-9-10;13-10(12-9-6-7-9)11-8-4-2-1-3-5-8/h2-10H,11H2,1H3,(H2,16,17,18);5-9H,1-4H3,(H,13,15);5-9H,3-4,10H2,1-2H3,(H,13,15);2*1-5H,6-9H2,(H,12,14);5-9H,3-4H2,1-2H3,(H,12,14);1-5,9H,6-7H2,(H2,11,12,13). The van der Waals surface area contributed by atoms with Gasteiger partial charge in [0.15, 0.2) is 0 Å². The summed E-state index contributed by atoms with van der Waals surface area (Å²) >= 11 is 1.90. The molecule has 3 fully saturated rings. The molecule has 0 atom stereocenters. The highest BCUT2D eigenvalue weighted by atomic mass is 32.2. The van der Waals surface area contributed by atoms with E-state index in [0.717, 1.165) is 109 Å². The highest BCUT2D eigenvalue weighted by molar-refractivity contribution is 7.99. The molecule has 1 saturated carbocycles. The Kier molecular flexibility index (Phi) is 39.9. The lowest BCUT2D eigenvalue weighted by Gasteiger charge is -2.26. The van der Waals surface area contributed by atoms with Crippen molar-refractivity contribution < 1.29 is 38.3 Å². The maximum Gasteiger partial charge on any atom is 0.321 e. The first-order valence-corrected chi connectivity index (χ1v) is 36.9. The summed E-state index contributed by atoms with van der Waals surface area (Å²) in [4.78, 5) is 89.5. The zero-order chi connectivity index (χ0) is 75.8. The molecule has 11 rings (SSSR count). The summed E-state index contributed by atoms with van der Waals surface area (Å²) in [6.45, 7) is 22.6. The van der Waals surface area contributed by atoms with Gasteiger partial charge < -0.3 is 77.1 Å². The molecule has 8 aromatic rings. The van der Waals surface area contributed by atoms with Crippen LogP contribution in [0.5, 0.6) is 0 Å². The van der Waals surface area contributed by atoms with Gasteiger partial charge in [-0.1, -0.05) is 177 Å². The van der Waals surface area contributed by atoms with Crippen molar-refractivity contribution in [2.24, 2.45) is 0 Å². The number of morpholine rings is 1. The van der Waals surface area contributed by atoms with Crippen LogP contribution in [0.1, 0.15) is 82.6 Å². The minimum atomic E-state index is -0.193. The molecule has 0 radical (unpaired) electrons. The molecule has 0 unspecified atom stereocenters. The lowest BCUT2D eigenvalue weighted by atomic mass is 10.0. The SMILES string of the molecule is CC(C)c1ccc(NC(=O)N(C)C)cc1.CCN(CC)C(=O)NCc1ccccc1.CCN(CC)C(=O)Nc1ccccc1.Cc1ccc(CNC(=O)Nc2ccccc2)cc1.O=C(Nc1ccccc1)N1CCOCC1.O=C(Nc1ccccc1)N1CCSCC1.O=C(Nc1ccccc1)NC1CC1. The van der Waals surface area contributed by atoms with Gasteiger partial charge in [0.05, 0.1) is 13.2 Å². The quantitative estimate of drug-likeness (QED) is 0.0445. The van der Waals surface area contributed by atoms with Crippen molar-refractivity contribution >= 4 is 88.1 Å². The molecule has 9 N–H and O–H groups in total. The number of hydrogen-bond donors (Lipinski definition) is 9. The van der Waals surface area contributed by atoms with Crippen molar-refractivity contribution in [1.29, 1.82) is 0 Å². The number of amides is 14. The number of carbonyl (C=O) groups is 7. The second-order valence-corrected chi connectivity index (χ2v) is 25.8. The largest absolute Gasteiger partial charge is 0.378 e. The summed E-state index contributed by atoms with van der Waals surface area (Å²) in [6, 6.07) is 73.2. The average molecular weight is 1450 g/mol. The Morgan fingerprint density at radius 2 is 0.781 bits per heavy atom. The number of para-hydroxylation sites is 5. The van der Waals surface area contributed by atoms with Gasteiger partial charge >= 0.3 is 42.2 Å². The highest BCUT2D eigenvalue weighted by Crippen LogP contribution is 2.20. The molecule has 2 aliphatic heterocycles. The molecule has 0 bridgehead atoms. The van der Waals surface area contributed by atoms with Crippen LogP contribution in [-0.4, -0.2) is 164 Å². The van der Waals surface area contributed by atoms with E-state index in [0.29, 0.717) is 51.4 Å². The van der Waals surface area contributed by atoms with E-state index in [9.17, 15) is 33.6 Å². The topological polar surface area (TPSA) is 253 Å². The van der Waals surface area contributed by atoms with Crippen LogP contribution >= 0.6 is 11.8 Å². The highest BCUT2D eigenvalue weighted by Gasteiger charge is 2.23. The minimum Gasteiger partial charge on any atom is -0.378 e. The van der Waals surface area contributed by atoms with Crippen LogP contribution in [0, 0.1) is 6.92 Å². The van der Waals surface area contributed by atoms with Crippen molar-refractivity contribution in [3.05, 3.63) is 253 Å². The lowest BCUT2D eigenvalue weighted by Crippen LogP contribution is -2.43. The Morgan fingerprint density at radius 3 is 1.20 bits per heavy atom. The third-order valence-electron chi connectivity index (χ3n) is 15.8. The molecule has 23 heteroatoms. The molecule has 560 valence electrons. The first kappa shape index (κ1) is 84.6. The van der Waals surface area contributed by atoms with Crippen LogP contribution in [0.2, 0.25) is 0 Å². The maximum atomic E-state index is 11.8. The number of nitrogens with zero attached hydrogens (tertiary/aromatic N) is 5. The number of thioether (sulfide) groups is 1. The van der Waals surface area contributed by atoms with Crippen LogP contribution in [0.3, 0.4) is 0 Å². The first-order chi connectivity index (χ1) is 50.9. The summed E-state index contributed by atoms with van der Waals surface area (Å²) in [5.74, 6) is 2.60. The van der Waals surface area contributed by atoms with E-state index in [1.54, 1.807) is 28.8 Å². The van der Waals surface area contributed by atoms with Gasteiger partial charge in [-0.25, -0.2) is 33.6 Å². The number of urea groups is 7. The van der Waals surface area contributed by atoms with Gasteiger partial charge in [0.25, 0.3) is 0 Å². The van der Waals surface area contributed by atoms with E-state index in [1.165, 1.54) is 16.0 Å². The number of hydrogen-bond acceptors (Lipinski definition) is 9. The zero-order valence-electron chi connectivity index (χ0n) is 62.3. The molecule has 22 nitrogen and oxygen atoms in total. The molecular formula is C82H108N14O8S. The number of nitrogens with one attached hydrogen (secondary N) is 9. The number of anilines is 6. The Balaban J connectivity index is 0.000000220. The number of ether oxygens (including phenoxy) is 1. The Hall–Kier alpha value is -11.0. The van der Waals surface area contributed by atoms with Gasteiger partial charge in [-0.3, -0.25) is 0 Å². The van der Waals surface area contributed by atoms with Gasteiger partial charge in [-0.2, -0.15) is 11.8 Å². The van der Waals surface area contributed by atoms with Crippen LogP contribution in [0.25, 0.3) is 0 Å². The Morgan fingerprint density at radius 1 is 0.419 bits per heavy atom. The second-order valence-electron chi connectivity index (χ2n) is 24.6. The number of aryl methyl sites for hydroxylation is 1. The van der Waals surface area contributed by atoms with Crippen LogP contribution in [0.15, 0.2) is 231 Å². The zero-order valence-corrected chi connectivity index (χ0v) is 63.1. The second kappa shape index (κ2) is 49.5. The molecule has 0 spiro atoms. The van der Waals surface area contributed by atoms with Crippen molar-refractivity contribution in [1.82, 2.24) is 40.4 Å². The predicted molar refractivity (Wildman–Crippen MR) is 431 cm³/mol. The number of rotatable bonds is 16. The third-order valence-corrected chi connectivity index (χ3v) is 16.8. The van der Waals surface area contributed by atoms with Crippen LogP contribution in [-0.2, 0) is 17.8 Å². The Labute approximate surface area is 625 Å². The smallest absolute Gasteiger partial charge is 0.321 e. The van der Waals surface area contributed by atoms with E-state index in [-0.39, 0.29) is 42.2 Å². The predicted octanol–water partition coefficient (Wildman–Crippen LogP) is 16.8. The van der Waals surface area contributed by atoms with Crippen LogP contribution < -0.4 is 47.9 Å². The van der Waals surface area contributed by atoms with Crippen molar-refractivity contribution in [2.45, 2.75) is 86.4 Å². The monoisotopic (exact) mass is 1450 g/mol. The molecule has 2 heterocycles. The van der Waals surface area contributed by atoms with Crippen molar-refractivity contribution in [2.75, 3.05) is 123 Å². The summed E-state index contributed by atoms with van der Waals surface area (Å²) in [6.07, 6.45) is 2.23. The minimum absolute atomic E-state index is 0.00357. The van der Waals surface area contributed by atoms with E-state index < -0.39 is 0 Å². The fourth-order valence-electron chi connectivity index (χ4n) is 9.49. The summed E-state index contributed by atoms with van der Waals surface area (Å²) < 4.78 is 5.18. The summed E-state index contributed by atoms with van der Waals surface area (Å²) in [5, 5.41) is 25.5.